The summed E-state index contributed by atoms with van der Waals surface area (Å²) in [5.41, 5.74) is 3.44. The van der Waals surface area contributed by atoms with E-state index in [9.17, 15) is 10.2 Å². The van der Waals surface area contributed by atoms with Gasteiger partial charge in [-0.2, -0.15) is 0 Å². The van der Waals surface area contributed by atoms with Crippen LogP contribution in [0.4, 0.5) is 0 Å². The van der Waals surface area contributed by atoms with E-state index in [2.05, 4.69) is 41.5 Å². The normalized spacial score (nSPS) is 11.7. The zero-order valence-electron chi connectivity index (χ0n) is 17.4. The average molecular weight is 375 g/mol. The molecule has 0 unspecified atom stereocenters. The van der Waals surface area contributed by atoms with Crippen LogP contribution in [0.3, 0.4) is 0 Å². The maximum absolute atomic E-state index is 10.4. The van der Waals surface area contributed by atoms with Crippen molar-refractivity contribution in [3.05, 3.63) is 58.7 Å². The molecule has 0 atom stereocenters. The number of aromatic hydroxyl groups is 2. The molecule has 0 heterocycles. The third-order valence-corrected chi connectivity index (χ3v) is 4.31. The molecular formula is C23H34O4. The fraction of sp³-hybridized carbons (Fsp3) is 0.478. The van der Waals surface area contributed by atoms with Gasteiger partial charge in [-0.3, -0.25) is 0 Å². The minimum absolute atomic E-state index is 0.00639. The van der Waals surface area contributed by atoms with Gasteiger partial charge in [-0.25, -0.2) is 0 Å². The van der Waals surface area contributed by atoms with Crippen molar-refractivity contribution in [3.8, 4) is 11.5 Å². The zero-order chi connectivity index (χ0) is 20.8. The molecule has 0 aliphatic rings. The van der Waals surface area contributed by atoms with Crippen LogP contribution in [-0.4, -0.2) is 27.0 Å². The van der Waals surface area contributed by atoms with Crippen molar-refractivity contribution in [2.45, 2.75) is 65.4 Å². The topological polar surface area (TPSA) is 80.9 Å². The second-order valence-corrected chi connectivity index (χ2v) is 8.84. The summed E-state index contributed by atoms with van der Waals surface area (Å²) in [6.45, 7) is 12.6. The fourth-order valence-corrected chi connectivity index (χ4v) is 2.72. The second kappa shape index (κ2) is 9.25. The Bertz CT molecular complexity index is 685. The van der Waals surface area contributed by atoms with Gasteiger partial charge in [0.05, 0.1) is 6.61 Å². The molecule has 0 amide bonds. The Morgan fingerprint density at radius 1 is 0.704 bits per heavy atom. The highest BCUT2D eigenvalue weighted by Crippen LogP contribution is 2.39. The number of hydrogen-bond donors (Lipinski definition) is 4. The minimum atomic E-state index is -0.130. The first-order chi connectivity index (χ1) is 12.4. The highest BCUT2D eigenvalue weighted by atomic mass is 16.3. The molecule has 27 heavy (non-hydrogen) atoms. The van der Waals surface area contributed by atoms with Gasteiger partial charge in [-0.15, -0.1) is 0 Å². The second-order valence-electron chi connectivity index (χ2n) is 8.84. The summed E-state index contributed by atoms with van der Waals surface area (Å²) in [7, 11) is 0. The van der Waals surface area contributed by atoms with Crippen LogP contribution in [0.1, 0.15) is 63.8 Å². The maximum Gasteiger partial charge on any atom is 0.123 e. The van der Waals surface area contributed by atoms with Gasteiger partial charge < -0.3 is 20.4 Å². The summed E-state index contributed by atoms with van der Waals surface area (Å²) in [5.74, 6) is 0.629. The lowest BCUT2D eigenvalue weighted by atomic mass is 9.78. The molecule has 4 nitrogen and oxygen atoms in total. The quantitative estimate of drug-likeness (QED) is 0.642. The number of rotatable bonds is 3. The van der Waals surface area contributed by atoms with Crippen LogP contribution in [0.2, 0.25) is 0 Å². The molecule has 0 saturated heterocycles. The van der Waals surface area contributed by atoms with Gasteiger partial charge in [0, 0.05) is 6.61 Å². The molecule has 4 N–H and O–H groups in total. The Kier molecular flexibility index (Phi) is 7.88. The zero-order valence-corrected chi connectivity index (χ0v) is 17.4. The van der Waals surface area contributed by atoms with Gasteiger partial charge in [0.15, 0.2) is 0 Å². The van der Waals surface area contributed by atoms with Gasteiger partial charge in [-0.05, 0) is 63.8 Å². The van der Waals surface area contributed by atoms with E-state index in [1.165, 1.54) is 0 Å². The van der Waals surface area contributed by atoms with Crippen molar-refractivity contribution in [1.29, 1.82) is 0 Å². The summed E-state index contributed by atoms with van der Waals surface area (Å²) in [6.07, 6.45) is 0.653. The number of hydrogen-bond acceptors (Lipinski definition) is 4. The Morgan fingerprint density at radius 2 is 1.15 bits per heavy atom. The lowest BCUT2D eigenvalue weighted by molar-refractivity contribution is 0.281. The molecule has 0 aliphatic carbocycles. The molecule has 0 aromatic heterocycles. The van der Waals surface area contributed by atoms with E-state index >= 15 is 0 Å². The van der Waals surface area contributed by atoms with E-state index in [1.807, 2.05) is 12.1 Å². The molecule has 0 saturated carbocycles. The van der Waals surface area contributed by atoms with Crippen molar-refractivity contribution < 1.29 is 20.4 Å². The van der Waals surface area contributed by atoms with Crippen LogP contribution in [0.5, 0.6) is 11.5 Å². The first-order valence-corrected chi connectivity index (χ1v) is 9.26. The average Bonchev–Trinajstić information content (AvgIpc) is 2.56. The van der Waals surface area contributed by atoms with Crippen molar-refractivity contribution >= 4 is 0 Å². The molecule has 2 rings (SSSR count). The number of aliphatic hydroxyl groups is 2. The van der Waals surface area contributed by atoms with E-state index in [1.54, 1.807) is 24.3 Å². The molecule has 2 aromatic rings. The van der Waals surface area contributed by atoms with Gasteiger partial charge in [0.25, 0.3) is 0 Å². The maximum atomic E-state index is 10.4. The molecule has 0 radical (unpaired) electrons. The summed E-state index contributed by atoms with van der Waals surface area (Å²) >= 11 is 0. The van der Waals surface area contributed by atoms with E-state index < -0.39 is 0 Å². The van der Waals surface area contributed by atoms with Crippen LogP contribution >= 0.6 is 0 Å². The molecule has 2 aromatic carbocycles. The highest BCUT2D eigenvalue weighted by molar-refractivity contribution is 5.49. The Balaban J connectivity index is 0.000000309. The lowest BCUT2D eigenvalue weighted by Gasteiger charge is -2.28. The SMILES string of the molecule is CC(C)(C)c1cc(CO)cc(C(C)(C)C)c1O.OCCc1ccc(O)cc1. The first kappa shape index (κ1) is 23.0. The molecule has 150 valence electrons. The molecule has 0 fully saturated rings. The van der Waals surface area contributed by atoms with Crippen LogP contribution in [-0.2, 0) is 23.9 Å². The number of phenols is 2. The number of aliphatic hydroxyl groups excluding tert-OH is 2. The van der Waals surface area contributed by atoms with Gasteiger partial charge in [-0.1, -0.05) is 53.7 Å². The third-order valence-electron chi connectivity index (χ3n) is 4.31. The molecule has 0 spiro atoms. The Labute approximate surface area is 163 Å². The van der Waals surface area contributed by atoms with Gasteiger partial charge in [0.1, 0.15) is 11.5 Å². The fourth-order valence-electron chi connectivity index (χ4n) is 2.72. The summed E-state index contributed by atoms with van der Waals surface area (Å²) in [6, 6.07) is 10.6. The number of phenolic OH excluding ortho intramolecular Hbond substituents is 2. The summed E-state index contributed by atoms with van der Waals surface area (Å²) in [4.78, 5) is 0. The first-order valence-electron chi connectivity index (χ1n) is 9.26. The van der Waals surface area contributed by atoms with E-state index in [4.69, 9.17) is 10.2 Å². The molecule has 4 heteroatoms. The highest BCUT2D eigenvalue weighted by Gasteiger charge is 2.26. The Morgan fingerprint density at radius 3 is 1.48 bits per heavy atom. The van der Waals surface area contributed by atoms with Crippen molar-refractivity contribution in [2.24, 2.45) is 0 Å². The van der Waals surface area contributed by atoms with Crippen LogP contribution in [0.15, 0.2) is 36.4 Å². The summed E-state index contributed by atoms with van der Waals surface area (Å²) in [5, 5.41) is 37.1. The Hall–Kier alpha value is -2.04. The van der Waals surface area contributed by atoms with Crippen LogP contribution in [0, 0.1) is 0 Å². The smallest absolute Gasteiger partial charge is 0.123 e. The van der Waals surface area contributed by atoms with E-state index in [0.29, 0.717) is 12.2 Å². The predicted molar refractivity (Wildman–Crippen MR) is 110 cm³/mol. The standard InChI is InChI=1S/C15H24O2.C8H10O2/c1-14(2,3)11-7-10(9-16)8-12(13(11)17)15(4,5)6;9-6-5-7-1-3-8(10)4-2-7/h7-8,16-17H,9H2,1-6H3;1-4,9-10H,5-6H2. The largest absolute Gasteiger partial charge is 0.508 e. The van der Waals surface area contributed by atoms with Crippen molar-refractivity contribution in [1.82, 2.24) is 0 Å². The third kappa shape index (κ3) is 6.89. The number of benzene rings is 2. The predicted octanol–water partition coefficient (Wildman–Crippen LogP) is 4.41. The van der Waals surface area contributed by atoms with E-state index in [-0.39, 0.29) is 29.8 Å². The molecule has 0 bridgehead atoms. The van der Waals surface area contributed by atoms with E-state index in [0.717, 1.165) is 22.3 Å². The van der Waals surface area contributed by atoms with Crippen molar-refractivity contribution in [3.63, 3.8) is 0 Å². The monoisotopic (exact) mass is 374 g/mol. The minimum Gasteiger partial charge on any atom is -0.508 e. The lowest BCUT2D eigenvalue weighted by Crippen LogP contribution is -2.17. The molecular weight excluding hydrogens is 340 g/mol. The van der Waals surface area contributed by atoms with Crippen molar-refractivity contribution in [2.75, 3.05) is 6.61 Å². The molecule has 0 aliphatic heterocycles. The van der Waals surface area contributed by atoms with Crippen LogP contribution in [0.25, 0.3) is 0 Å². The van der Waals surface area contributed by atoms with Gasteiger partial charge in [0.2, 0.25) is 0 Å². The van der Waals surface area contributed by atoms with Crippen LogP contribution < -0.4 is 0 Å². The van der Waals surface area contributed by atoms with Gasteiger partial charge >= 0.3 is 0 Å². The summed E-state index contributed by atoms with van der Waals surface area (Å²) < 4.78 is 0.